The van der Waals surface area contributed by atoms with Crippen LogP contribution >= 0.6 is 0 Å². The fourth-order valence-corrected chi connectivity index (χ4v) is 2.49. The lowest BCUT2D eigenvalue weighted by Crippen LogP contribution is -2.42. The number of aryl methyl sites for hydroxylation is 2. The Kier molecular flexibility index (Phi) is 4.11. The van der Waals surface area contributed by atoms with Gasteiger partial charge in [-0.2, -0.15) is 0 Å². The van der Waals surface area contributed by atoms with Crippen molar-refractivity contribution in [3.05, 3.63) is 53.4 Å². The molecule has 1 atom stereocenters. The van der Waals surface area contributed by atoms with E-state index in [1.54, 1.807) is 17.2 Å². The molecule has 22 heavy (non-hydrogen) atoms. The molecule has 1 fully saturated rings. The zero-order valence-electron chi connectivity index (χ0n) is 12.7. The van der Waals surface area contributed by atoms with Crippen molar-refractivity contribution in [1.82, 2.24) is 19.9 Å². The summed E-state index contributed by atoms with van der Waals surface area (Å²) in [7, 11) is 0. The normalized spacial score (nSPS) is 18.3. The Morgan fingerprint density at radius 1 is 1.27 bits per heavy atom. The highest BCUT2D eigenvalue weighted by molar-refractivity contribution is 5.92. The van der Waals surface area contributed by atoms with E-state index in [1.165, 1.54) is 0 Å². The first-order valence-electron chi connectivity index (χ1n) is 7.27. The first-order chi connectivity index (χ1) is 10.6. The van der Waals surface area contributed by atoms with Gasteiger partial charge in [-0.1, -0.05) is 6.07 Å². The van der Waals surface area contributed by atoms with E-state index in [9.17, 15) is 4.79 Å². The van der Waals surface area contributed by atoms with Gasteiger partial charge in [-0.05, 0) is 32.0 Å². The number of carbonyl (C=O) groups is 1. The van der Waals surface area contributed by atoms with Gasteiger partial charge in [0, 0.05) is 18.4 Å². The van der Waals surface area contributed by atoms with Gasteiger partial charge in [0.15, 0.2) is 0 Å². The largest absolute Gasteiger partial charge is 0.368 e. The van der Waals surface area contributed by atoms with Crippen LogP contribution in [0.15, 0.2) is 30.5 Å². The average molecular weight is 298 g/mol. The molecular weight excluding hydrogens is 280 g/mol. The molecule has 2 aromatic heterocycles. The van der Waals surface area contributed by atoms with Crippen molar-refractivity contribution < 1.29 is 9.53 Å². The van der Waals surface area contributed by atoms with Gasteiger partial charge in [-0.3, -0.25) is 4.79 Å². The van der Waals surface area contributed by atoms with Crippen molar-refractivity contribution in [2.75, 3.05) is 19.7 Å². The highest BCUT2D eigenvalue weighted by Crippen LogP contribution is 2.21. The Bertz CT molecular complexity index is 689. The van der Waals surface area contributed by atoms with Crippen LogP contribution in [0.1, 0.15) is 33.8 Å². The van der Waals surface area contributed by atoms with Crippen LogP contribution < -0.4 is 0 Å². The maximum atomic E-state index is 12.6. The van der Waals surface area contributed by atoms with Crippen LogP contribution in [0.5, 0.6) is 0 Å². The van der Waals surface area contributed by atoms with E-state index < -0.39 is 0 Å². The third-order valence-electron chi connectivity index (χ3n) is 3.59. The minimum Gasteiger partial charge on any atom is -0.368 e. The number of morpholine rings is 1. The lowest BCUT2D eigenvalue weighted by atomic mass is 10.2. The van der Waals surface area contributed by atoms with Gasteiger partial charge in [0.05, 0.1) is 18.8 Å². The zero-order chi connectivity index (χ0) is 15.5. The molecule has 1 amide bonds. The van der Waals surface area contributed by atoms with Crippen LogP contribution in [-0.2, 0) is 4.74 Å². The first-order valence-corrected chi connectivity index (χ1v) is 7.27. The van der Waals surface area contributed by atoms with Crippen molar-refractivity contribution in [3.63, 3.8) is 0 Å². The van der Waals surface area contributed by atoms with E-state index in [0.717, 1.165) is 11.4 Å². The fourth-order valence-electron chi connectivity index (χ4n) is 2.49. The Morgan fingerprint density at radius 2 is 2.14 bits per heavy atom. The summed E-state index contributed by atoms with van der Waals surface area (Å²) in [5, 5.41) is 0. The maximum absolute atomic E-state index is 12.6. The third kappa shape index (κ3) is 3.12. The number of pyridine rings is 1. The van der Waals surface area contributed by atoms with E-state index in [-0.39, 0.29) is 12.0 Å². The van der Waals surface area contributed by atoms with Gasteiger partial charge in [0.2, 0.25) is 0 Å². The monoisotopic (exact) mass is 298 g/mol. The van der Waals surface area contributed by atoms with Crippen molar-refractivity contribution >= 4 is 5.91 Å². The van der Waals surface area contributed by atoms with Crippen LogP contribution in [-0.4, -0.2) is 45.5 Å². The van der Waals surface area contributed by atoms with Gasteiger partial charge in [0.1, 0.15) is 17.6 Å². The lowest BCUT2D eigenvalue weighted by Gasteiger charge is -2.32. The zero-order valence-corrected chi connectivity index (χ0v) is 12.7. The first kappa shape index (κ1) is 14.6. The highest BCUT2D eigenvalue weighted by Gasteiger charge is 2.27. The molecule has 0 spiro atoms. The molecule has 6 nitrogen and oxygen atoms in total. The number of aromatic nitrogens is 3. The Balaban J connectivity index is 1.77. The molecule has 0 bridgehead atoms. The van der Waals surface area contributed by atoms with Crippen LogP contribution in [0, 0.1) is 13.8 Å². The number of rotatable bonds is 2. The van der Waals surface area contributed by atoms with Crippen LogP contribution in [0.2, 0.25) is 0 Å². The highest BCUT2D eigenvalue weighted by atomic mass is 16.5. The number of hydrogen-bond donors (Lipinski definition) is 0. The molecule has 1 unspecified atom stereocenters. The van der Waals surface area contributed by atoms with Crippen LogP contribution in [0.25, 0.3) is 0 Å². The van der Waals surface area contributed by atoms with Crippen molar-refractivity contribution in [2.45, 2.75) is 20.0 Å². The standard InChI is InChI=1S/C16H18N4O2/c1-11-4-3-5-14(18-11)16(21)20-8-9-22-15(10-20)13-6-7-17-12(2)19-13/h3-7,15H,8-10H2,1-2H3. The SMILES string of the molecule is Cc1cccc(C(=O)N2CCOC(c3ccnc(C)n3)C2)n1. The molecule has 2 aromatic rings. The Labute approximate surface area is 129 Å². The molecule has 114 valence electrons. The summed E-state index contributed by atoms with van der Waals surface area (Å²) in [6, 6.07) is 7.30. The number of hydrogen-bond acceptors (Lipinski definition) is 5. The molecule has 0 radical (unpaired) electrons. The van der Waals surface area contributed by atoms with E-state index >= 15 is 0 Å². The summed E-state index contributed by atoms with van der Waals surface area (Å²) in [5.41, 5.74) is 2.11. The molecule has 6 heteroatoms. The lowest BCUT2D eigenvalue weighted by molar-refractivity contribution is -0.0250. The summed E-state index contributed by atoms with van der Waals surface area (Å²) < 4.78 is 5.75. The second kappa shape index (κ2) is 6.19. The molecular formula is C16H18N4O2. The minimum absolute atomic E-state index is 0.0669. The topological polar surface area (TPSA) is 68.2 Å². The van der Waals surface area contributed by atoms with E-state index in [0.29, 0.717) is 31.2 Å². The van der Waals surface area contributed by atoms with Gasteiger partial charge in [0.25, 0.3) is 5.91 Å². The molecule has 0 N–H and O–H groups in total. The molecule has 3 heterocycles. The number of nitrogens with zero attached hydrogens (tertiary/aromatic N) is 4. The molecule has 1 saturated heterocycles. The second-order valence-electron chi connectivity index (χ2n) is 5.30. The molecule has 0 aromatic carbocycles. The Hall–Kier alpha value is -2.34. The summed E-state index contributed by atoms with van der Waals surface area (Å²) in [4.78, 5) is 27.1. The number of amides is 1. The van der Waals surface area contributed by atoms with Gasteiger partial charge >= 0.3 is 0 Å². The third-order valence-corrected chi connectivity index (χ3v) is 3.59. The summed E-state index contributed by atoms with van der Waals surface area (Å²) in [5.74, 6) is 0.632. The molecule has 1 aliphatic rings. The molecule has 1 aliphatic heterocycles. The van der Waals surface area contributed by atoms with Gasteiger partial charge in [-0.15, -0.1) is 0 Å². The van der Waals surface area contributed by atoms with Gasteiger partial charge < -0.3 is 9.64 Å². The average Bonchev–Trinajstić information content (AvgIpc) is 2.54. The minimum atomic E-state index is -0.218. The number of ether oxygens (including phenoxy) is 1. The van der Waals surface area contributed by atoms with Crippen LogP contribution in [0.4, 0.5) is 0 Å². The summed E-state index contributed by atoms with van der Waals surface area (Å²) in [6.07, 6.45) is 1.49. The quantitative estimate of drug-likeness (QED) is 0.844. The molecule has 0 saturated carbocycles. The van der Waals surface area contributed by atoms with E-state index in [4.69, 9.17) is 4.74 Å². The predicted molar refractivity (Wildman–Crippen MR) is 80.3 cm³/mol. The number of carbonyl (C=O) groups excluding carboxylic acids is 1. The van der Waals surface area contributed by atoms with E-state index in [1.807, 2.05) is 32.0 Å². The summed E-state index contributed by atoms with van der Waals surface area (Å²) >= 11 is 0. The molecule has 3 rings (SSSR count). The molecule has 0 aliphatic carbocycles. The second-order valence-corrected chi connectivity index (χ2v) is 5.30. The van der Waals surface area contributed by atoms with E-state index in [2.05, 4.69) is 15.0 Å². The predicted octanol–water partition coefficient (Wildman–Crippen LogP) is 1.70. The fraction of sp³-hybridized carbons (Fsp3) is 0.375. The maximum Gasteiger partial charge on any atom is 0.272 e. The van der Waals surface area contributed by atoms with Crippen molar-refractivity contribution in [3.8, 4) is 0 Å². The smallest absolute Gasteiger partial charge is 0.272 e. The van der Waals surface area contributed by atoms with Crippen molar-refractivity contribution in [2.24, 2.45) is 0 Å². The van der Waals surface area contributed by atoms with Gasteiger partial charge in [-0.25, -0.2) is 15.0 Å². The van der Waals surface area contributed by atoms with Crippen LogP contribution in [0.3, 0.4) is 0 Å². The van der Waals surface area contributed by atoms with Crippen molar-refractivity contribution in [1.29, 1.82) is 0 Å². The Morgan fingerprint density at radius 3 is 2.91 bits per heavy atom. The summed E-state index contributed by atoms with van der Waals surface area (Å²) in [6.45, 7) is 5.25.